The summed E-state index contributed by atoms with van der Waals surface area (Å²) in [6.45, 7) is 12.5. The average Bonchev–Trinajstić information content (AvgIpc) is 2.69. The fraction of sp³-hybridized carbons (Fsp3) is 0.192. The Bertz CT molecular complexity index is 1150. The summed E-state index contributed by atoms with van der Waals surface area (Å²) in [5, 5.41) is 13.8. The van der Waals surface area contributed by atoms with E-state index in [-0.39, 0.29) is 11.5 Å². The first-order chi connectivity index (χ1) is 13.8. The van der Waals surface area contributed by atoms with Crippen LogP contribution in [0, 0.1) is 13.8 Å². The molecule has 1 aliphatic carbocycles. The number of anilines is 2. The van der Waals surface area contributed by atoms with E-state index in [4.69, 9.17) is 0 Å². The van der Waals surface area contributed by atoms with Crippen molar-refractivity contribution < 1.29 is 9.90 Å². The molecule has 3 aromatic carbocycles. The number of nitrogens with one attached hydrogen (secondary N) is 1. The topological polar surface area (TPSA) is 49.3 Å². The third-order valence-electron chi connectivity index (χ3n) is 5.72. The number of hydrogen-bond donors (Lipinski definition) is 2. The zero-order chi connectivity index (χ0) is 20.9. The quantitative estimate of drug-likeness (QED) is 0.425. The lowest BCUT2D eigenvalue weighted by Crippen LogP contribution is -2.18. The Kier molecular flexibility index (Phi) is 4.54. The molecule has 0 heterocycles. The van der Waals surface area contributed by atoms with Gasteiger partial charge in [0, 0.05) is 5.69 Å². The Balaban J connectivity index is 1.85. The van der Waals surface area contributed by atoms with Crippen LogP contribution in [0.5, 0.6) is 5.75 Å². The molecular formula is C26H25NO2. The van der Waals surface area contributed by atoms with E-state index in [0.717, 1.165) is 39.2 Å². The van der Waals surface area contributed by atoms with E-state index in [1.54, 1.807) is 6.07 Å². The molecule has 0 amide bonds. The van der Waals surface area contributed by atoms with Crippen molar-refractivity contribution in [2.75, 3.05) is 5.32 Å². The maximum Gasteiger partial charge on any atom is 0.200 e. The number of ketones is 1. The van der Waals surface area contributed by atoms with Crippen LogP contribution in [-0.2, 0) is 0 Å². The van der Waals surface area contributed by atoms with Crippen LogP contribution >= 0.6 is 0 Å². The standard InChI is InChI=1S/C26H25NO2/c1-14(2)18-8-10-19(11-9-18)27-20-12-6-15(3)22-17(5)23-16(4)7-13-21(28)25(23)26(29)24(20)22/h6-14,27-28H,5H2,1-4H3. The van der Waals surface area contributed by atoms with Gasteiger partial charge in [-0.25, -0.2) is 0 Å². The minimum Gasteiger partial charge on any atom is -0.507 e. The number of fused-ring (bicyclic) bond motifs is 2. The molecule has 1 aliphatic rings. The van der Waals surface area contributed by atoms with Crippen molar-refractivity contribution in [2.24, 2.45) is 0 Å². The van der Waals surface area contributed by atoms with Gasteiger partial charge in [-0.3, -0.25) is 4.79 Å². The molecule has 3 nitrogen and oxygen atoms in total. The van der Waals surface area contributed by atoms with Crippen LogP contribution in [0.1, 0.15) is 63.5 Å². The summed E-state index contributed by atoms with van der Waals surface area (Å²) in [4.78, 5) is 13.5. The van der Waals surface area contributed by atoms with Crippen molar-refractivity contribution in [3.05, 3.63) is 94.1 Å². The van der Waals surface area contributed by atoms with Gasteiger partial charge in [0.1, 0.15) is 5.75 Å². The van der Waals surface area contributed by atoms with Crippen molar-refractivity contribution in [3.8, 4) is 5.75 Å². The largest absolute Gasteiger partial charge is 0.507 e. The van der Waals surface area contributed by atoms with Crippen LogP contribution in [-0.4, -0.2) is 10.9 Å². The third kappa shape index (κ3) is 3.03. The molecule has 0 bridgehead atoms. The fourth-order valence-corrected chi connectivity index (χ4v) is 4.11. The molecule has 0 fully saturated rings. The second-order valence-corrected chi connectivity index (χ2v) is 8.04. The summed E-state index contributed by atoms with van der Waals surface area (Å²) in [5.74, 6) is 0.286. The van der Waals surface area contributed by atoms with Crippen LogP contribution in [0.25, 0.3) is 5.57 Å². The van der Waals surface area contributed by atoms with E-state index in [1.165, 1.54) is 5.56 Å². The lowest BCUT2D eigenvalue weighted by molar-refractivity contribution is 0.103. The minimum absolute atomic E-state index is 0.00357. The van der Waals surface area contributed by atoms with Gasteiger partial charge in [0.15, 0.2) is 5.78 Å². The van der Waals surface area contributed by atoms with Gasteiger partial charge in [0.05, 0.1) is 16.8 Å². The normalized spacial score (nSPS) is 12.7. The summed E-state index contributed by atoms with van der Waals surface area (Å²) < 4.78 is 0. The van der Waals surface area contributed by atoms with E-state index in [1.807, 2.05) is 44.2 Å². The first kappa shape index (κ1) is 19.0. The van der Waals surface area contributed by atoms with Crippen molar-refractivity contribution in [3.63, 3.8) is 0 Å². The molecule has 29 heavy (non-hydrogen) atoms. The number of benzene rings is 3. The monoisotopic (exact) mass is 383 g/mol. The highest BCUT2D eigenvalue weighted by molar-refractivity contribution is 6.23. The number of phenols is 1. The van der Waals surface area contributed by atoms with Gasteiger partial charge >= 0.3 is 0 Å². The molecule has 2 N–H and O–H groups in total. The molecule has 3 aromatic rings. The van der Waals surface area contributed by atoms with Crippen molar-refractivity contribution in [2.45, 2.75) is 33.6 Å². The molecule has 0 aliphatic heterocycles. The molecule has 0 spiro atoms. The lowest BCUT2D eigenvalue weighted by Gasteiger charge is -2.27. The number of aryl methyl sites for hydroxylation is 2. The molecule has 3 heteroatoms. The van der Waals surface area contributed by atoms with Crippen LogP contribution in [0.15, 0.2) is 55.1 Å². The summed E-state index contributed by atoms with van der Waals surface area (Å²) in [7, 11) is 0. The van der Waals surface area contributed by atoms with Gasteiger partial charge < -0.3 is 10.4 Å². The van der Waals surface area contributed by atoms with Gasteiger partial charge in [-0.2, -0.15) is 0 Å². The SMILES string of the molecule is C=C1c2c(C)ccc(O)c2C(=O)c2c(Nc3ccc(C(C)C)cc3)ccc(C)c21. The molecule has 0 radical (unpaired) electrons. The highest BCUT2D eigenvalue weighted by Crippen LogP contribution is 2.44. The Morgan fingerprint density at radius 3 is 2.03 bits per heavy atom. The third-order valence-corrected chi connectivity index (χ3v) is 5.72. The first-order valence-electron chi connectivity index (χ1n) is 9.87. The molecule has 0 unspecified atom stereocenters. The van der Waals surface area contributed by atoms with E-state index in [2.05, 4.69) is 37.9 Å². The number of rotatable bonds is 3. The van der Waals surface area contributed by atoms with E-state index in [0.29, 0.717) is 17.0 Å². The minimum atomic E-state index is -0.173. The van der Waals surface area contributed by atoms with Crippen LogP contribution < -0.4 is 5.32 Å². The highest BCUT2D eigenvalue weighted by atomic mass is 16.3. The molecule has 0 aromatic heterocycles. The lowest BCUT2D eigenvalue weighted by atomic mass is 9.77. The molecule has 146 valence electrons. The Morgan fingerprint density at radius 2 is 1.41 bits per heavy atom. The van der Waals surface area contributed by atoms with Crippen LogP contribution in [0.2, 0.25) is 0 Å². The zero-order valence-electron chi connectivity index (χ0n) is 17.3. The number of carbonyl (C=O) groups excluding carboxylic acids is 1. The maximum absolute atomic E-state index is 13.5. The second-order valence-electron chi connectivity index (χ2n) is 8.04. The van der Waals surface area contributed by atoms with Crippen molar-refractivity contribution >= 4 is 22.7 Å². The van der Waals surface area contributed by atoms with E-state index >= 15 is 0 Å². The van der Waals surface area contributed by atoms with Crippen molar-refractivity contribution in [1.82, 2.24) is 0 Å². The van der Waals surface area contributed by atoms with Crippen LogP contribution in [0.4, 0.5) is 11.4 Å². The molecular weight excluding hydrogens is 358 g/mol. The molecule has 0 saturated carbocycles. The summed E-state index contributed by atoms with van der Waals surface area (Å²) in [5.41, 5.74) is 8.10. The van der Waals surface area contributed by atoms with E-state index < -0.39 is 0 Å². The number of phenolic OH excluding ortho intramolecular Hbond substituents is 1. The van der Waals surface area contributed by atoms with Crippen molar-refractivity contribution in [1.29, 1.82) is 0 Å². The summed E-state index contributed by atoms with van der Waals surface area (Å²) in [6.07, 6.45) is 0. The average molecular weight is 383 g/mol. The second kappa shape index (κ2) is 6.93. The predicted octanol–water partition coefficient (Wildman–Crippen LogP) is 6.48. The zero-order valence-corrected chi connectivity index (χ0v) is 17.3. The number of hydrogen-bond acceptors (Lipinski definition) is 3. The fourth-order valence-electron chi connectivity index (χ4n) is 4.11. The first-order valence-corrected chi connectivity index (χ1v) is 9.87. The maximum atomic E-state index is 13.5. The Morgan fingerprint density at radius 1 is 0.828 bits per heavy atom. The van der Waals surface area contributed by atoms with Gasteiger partial charge in [-0.1, -0.05) is 44.7 Å². The summed E-state index contributed by atoms with van der Waals surface area (Å²) in [6, 6.07) is 15.6. The van der Waals surface area contributed by atoms with Gasteiger partial charge in [0.25, 0.3) is 0 Å². The van der Waals surface area contributed by atoms with Gasteiger partial charge in [0.2, 0.25) is 0 Å². The Hall–Kier alpha value is -3.33. The highest BCUT2D eigenvalue weighted by Gasteiger charge is 2.33. The van der Waals surface area contributed by atoms with Gasteiger partial charge in [-0.05, 0) is 77.4 Å². The molecule has 4 rings (SSSR count). The molecule has 0 atom stereocenters. The van der Waals surface area contributed by atoms with Crippen LogP contribution in [0.3, 0.4) is 0 Å². The molecule has 0 saturated heterocycles. The Labute approximate surface area is 171 Å². The number of aromatic hydroxyl groups is 1. The van der Waals surface area contributed by atoms with Gasteiger partial charge in [-0.15, -0.1) is 0 Å². The smallest absolute Gasteiger partial charge is 0.200 e. The predicted molar refractivity (Wildman–Crippen MR) is 119 cm³/mol. The van der Waals surface area contributed by atoms with E-state index in [9.17, 15) is 9.90 Å². The number of carbonyl (C=O) groups is 1. The summed E-state index contributed by atoms with van der Waals surface area (Å²) >= 11 is 0.